The topological polar surface area (TPSA) is 46.2 Å². The highest BCUT2D eigenvalue weighted by Gasteiger charge is 2.30. The van der Waals surface area contributed by atoms with Crippen LogP contribution in [0.1, 0.15) is 13.8 Å². The second kappa shape index (κ2) is 5.07. The summed E-state index contributed by atoms with van der Waals surface area (Å²) in [6.45, 7) is 2.88. The Morgan fingerprint density at radius 2 is 1.67 bits per heavy atom. The summed E-state index contributed by atoms with van der Waals surface area (Å²) in [6, 6.07) is 0.594. The summed E-state index contributed by atoms with van der Waals surface area (Å²) in [5, 5.41) is 0. The molecule has 0 fully saturated rings. The van der Waals surface area contributed by atoms with E-state index in [0.717, 1.165) is 0 Å². The molecule has 3 nitrogen and oxygen atoms in total. The Balaban J connectivity index is 3.30. The third-order valence-corrected chi connectivity index (χ3v) is 4.39. The Bertz CT molecular complexity index is 537. The van der Waals surface area contributed by atoms with Crippen molar-refractivity contribution in [1.29, 1.82) is 0 Å². The summed E-state index contributed by atoms with van der Waals surface area (Å²) in [6.07, 6.45) is 0. The van der Waals surface area contributed by atoms with Gasteiger partial charge in [0.25, 0.3) is 0 Å². The molecule has 1 aromatic rings. The average molecular weight is 302 g/mol. The molecular formula is C10H11ClF3NO2S. The van der Waals surface area contributed by atoms with Crippen LogP contribution in [0.2, 0.25) is 0 Å². The minimum absolute atomic E-state index is 0.101. The van der Waals surface area contributed by atoms with Gasteiger partial charge in [0.15, 0.2) is 4.90 Å². The normalized spacial score (nSPS) is 12.8. The summed E-state index contributed by atoms with van der Waals surface area (Å²) in [5.41, 5.74) is -1.09. The predicted octanol–water partition coefficient (Wildman–Crippen LogP) is 2.40. The van der Waals surface area contributed by atoms with Crippen LogP contribution < -0.4 is 4.72 Å². The molecule has 1 aromatic carbocycles. The highest BCUT2D eigenvalue weighted by Crippen LogP contribution is 2.21. The maximum absolute atomic E-state index is 13.4. The molecule has 0 unspecified atom stereocenters. The average Bonchev–Trinajstić information content (AvgIpc) is 2.13. The largest absolute Gasteiger partial charge is 0.246 e. The number of hydrogen-bond acceptors (Lipinski definition) is 2. The second-order valence-corrected chi connectivity index (χ2v) is 6.21. The van der Waals surface area contributed by atoms with Crippen LogP contribution in [-0.4, -0.2) is 19.8 Å². The van der Waals surface area contributed by atoms with Crippen molar-refractivity contribution in [3.05, 3.63) is 29.6 Å². The van der Waals surface area contributed by atoms with Crippen molar-refractivity contribution in [2.75, 3.05) is 5.88 Å². The molecule has 0 saturated heterocycles. The van der Waals surface area contributed by atoms with Gasteiger partial charge in [-0.3, -0.25) is 0 Å². The zero-order valence-electron chi connectivity index (χ0n) is 9.60. The maximum atomic E-state index is 13.4. The first-order chi connectivity index (χ1) is 8.09. The number of rotatable bonds is 4. The molecule has 0 bridgehead atoms. The Kier molecular flexibility index (Phi) is 4.30. The van der Waals surface area contributed by atoms with Crippen molar-refractivity contribution >= 4 is 21.6 Å². The molecule has 1 N–H and O–H groups in total. The van der Waals surface area contributed by atoms with Crippen molar-refractivity contribution in [3.8, 4) is 0 Å². The lowest BCUT2D eigenvalue weighted by Gasteiger charge is -2.23. The third kappa shape index (κ3) is 3.37. The molecule has 0 spiro atoms. The second-order valence-electron chi connectivity index (χ2n) is 4.32. The quantitative estimate of drug-likeness (QED) is 0.868. The van der Waals surface area contributed by atoms with E-state index in [1.54, 1.807) is 0 Å². The van der Waals surface area contributed by atoms with Crippen LogP contribution in [0, 0.1) is 17.5 Å². The molecule has 8 heteroatoms. The van der Waals surface area contributed by atoms with Gasteiger partial charge in [-0.2, -0.15) is 0 Å². The SMILES string of the molecule is CC(C)(CCl)NS(=O)(=O)c1c(F)cc(F)cc1F. The standard InChI is InChI=1S/C10H11ClF3NO2S/c1-10(2,5-11)15-18(16,17)9-7(13)3-6(12)4-8(9)14/h3-4,15H,5H2,1-2H3. The van der Waals surface area contributed by atoms with Gasteiger partial charge in [-0.15, -0.1) is 11.6 Å². The van der Waals surface area contributed by atoms with Crippen molar-refractivity contribution in [1.82, 2.24) is 4.72 Å². The van der Waals surface area contributed by atoms with E-state index >= 15 is 0 Å². The molecule has 1 rings (SSSR count). The Hall–Kier alpha value is -0.790. The van der Waals surface area contributed by atoms with Crippen LogP contribution in [-0.2, 0) is 10.0 Å². The van der Waals surface area contributed by atoms with Crippen molar-refractivity contribution in [3.63, 3.8) is 0 Å². The molecule has 0 aliphatic carbocycles. The number of benzene rings is 1. The number of alkyl halides is 1. The molecule has 0 radical (unpaired) electrons. The van der Waals surface area contributed by atoms with E-state index in [0.29, 0.717) is 12.1 Å². The molecule has 0 saturated carbocycles. The third-order valence-electron chi connectivity index (χ3n) is 1.98. The molecule has 0 amide bonds. The van der Waals surface area contributed by atoms with Crippen LogP contribution in [0.3, 0.4) is 0 Å². The van der Waals surface area contributed by atoms with Crippen molar-refractivity contribution in [2.24, 2.45) is 0 Å². The predicted molar refractivity (Wildman–Crippen MR) is 61.4 cm³/mol. The minimum Gasteiger partial charge on any atom is -0.207 e. The van der Waals surface area contributed by atoms with Gasteiger partial charge in [-0.1, -0.05) is 0 Å². The fourth-order valence-corrected chi connectivity index (χ4v) is 2.91. The van der Waals surface area contributed by atoms with Crippen LogP contribution in [0.15, 0.2) is 17.0 Å². The highest BCUT2D eigenvalue weighted by atomic mass is 35.5. The van der Waals surface area contributed by atoms with Gasteiger partial charge < -0.3 is 0 Å². The van der Waals surface area contributed by atoms with Gasteiger partial charge in [-0.05, 0) is 13.8 Å². The molecular weight excluding hydrogens is 291 g/mol. The highest BCUT2D eigenvalue weighted by molar-refractivity contribution is 7.89. The van der Waals surface area contributed by atoms with Crippen LogP contribution >= 0.6 is 11.6 Å². The first kappa shape index (κ1) is 15.3. The smallest absolute Gasteiger partial charge is 0.207 e. The van der Waals surface area contributed by atoms with E-state index < -0.39 is 37.9 Å². The van der Waals surface area contributed by atoms with E-state index in [2.05, 4.69) is 0 Å². The molecule has 102 valence electrons. The first-order valence-corrected chi connectivity index (χ1v) is 6.85. The lowest BCUT2D eigenvalue weighted by Crippen LogP contribution is -2.45. The molecule has 18 heavy (non-hydrogen) atoms. The Morgan fingerprint density at radius 3 is 2.06 bits per heavy atom. The van der Waals surface area contributed by atoms with Crippen molar-refractivity contribution in [2.45, 2.75) is 24.3 Å². The lowest BCUT2D eigenvalue weighted by atomic mass is 10.1. The van der Waals surface area contributed by atoms with Crippen LogP contribution in [0.4, 0.5) is 13.2 Å². The Morgan fingerprint density at radius 1 is 1.22 bits per heavy atom. The zero-order chi connectivity index (χ0) is 14.1. The summed E-state index contributed by atoms with van der Waals surface area (Å²) in [4.78, 5) is -1.22. The van der Waals surface area contributed by atoms with E-state index in [1.807, 2.05) is 4.72 Å². The number of halogens is 4. The van der Waals surface area contributed by atoms with Crippen LogP contribution in [0.25, 0.3) is 0 Å². The Labute approximate surface area is 108 Å². The molecule has 0 atom stereocenters. The van der Waals surface area contributed by atoms with E-state index in [1.165, 1.54) is 13.8 Å². The molecule has 0 aliphatic heterocycles. The summed E-state index contributed by atoms with van der Waals surface area (Å²) in [5.74, 6) is -4.28. The monoisotopic (exact) mass is 301 g/mol. The van der Waals surface area contributed by atoms with Gasteiger partial charge in [0.1, 0.15) is 17.5 Å². The van der Waals surface area contributed by atoms with E-state index in [4.69, 9.17) is 11.6 Å². The minimum atomic E-state index is -4.46. The summed E-state index contributed by atoms with van der Waals surface area (Å²) >= 11 is 5.52. The zero-order valence-corrected chi connectivity index (χ0v) is 11.2. The van der Waals surface area contributed by atoms with Crippen LogP contribution in [0.5, 0.6) is 0 Å². The molecule has 0 aliphatic rings. The van der Waals surface area contributed by atoms with Gasteiger partial charge in [0.2, 0.25) is 10.0 Å². The maximum Gasteiger partial charge on any atom is 0.246 e. The van der Waals surface area contributed by atoms with E-state index in [9.17, 15) is 21.6 Å². The summed E-state index contributed by atoms with van der Waals surface area (Å²) in [7, 11) is -4.46. The van der Waals surface area contributed by atoms with E-state index in [-0.39, 0.29) is 5.88 Å². The van der Waals surface area contributed by atoms with Crippen molar-refractivity contribution < 1.29 is 21.6 Å². The van der Waals surface area contributed by atoms with Gasteiger partial charge in [0.05, 0.1) is 0 Å². The number of nitrogens with one attached hydrogen (secondary N) is 1. The lowest BCUT2D eigenvalue weighted by molar-refractivity contribution is 0.470. The molecule has 0 aromatic heterocycles. The fourth-order valence-electron chi connectivity index (χ4n) is 1.23. The summed E-state index contributed by atoms with van der Waals surface area (Å²) < 4.78 is 65.0. The first-order valence-electron chi connectivity index (χ1n) is 4.83. The number of hydrogen-bond donors (Lipinski definition) is 1. The number of sulfonamides is 1. The van der Waals surface area contributed by atoms with Gasteiger partial charge >= 0.3 is 0 Å². The van der Waals surface area contributed by atoms with Gasteiger partial charge in [0, 0.05) is 23.6 Å². The fraction of sp³-hybridized carbons (Fsp3) is 0.400. The molecule has 0 heterocycles. The van der Waals surface area contributed by atoms with Gasteiger partial charge in [-0.25, -0.2) is 26.3 Å².